The normalized spacial score (nSPS) is 10.0. The molecule has 0 fully saturated rings. The fourth-order valence-corrected chi connectivity index (χ4v) is 1.91. The molecule has 0 saturated heterocycles. The molecule has 0 aliphatic carbocycles. The fourth-order valence-electron chi connectivity index (χ4n) is 1.91. The van der Waals surface area contributed by atoms with Crippen LogP contribution in [0.2, 0.25) is 0 Å². The first kappa shape index (κ1) is 17.9. The maximum Gasteiger partial charge on any atom is 0 e. The zero-order valence-electron chi connectivity index (χ0n) is 10.9. The van der Waals surface area contributed by atoms with Crippen molar-refractivity contribution in [3.8, 4) is 0 Å². The fraction of sp³-hybridized carbons (Fsp3) is 1.00. The zero-order valence-corrected chi connectivity index (χ0v) is 12.0. The van der Waals surface area contributed by atoms with Crippen molar-refractivity contribution in [2.45, 2.75) is 90.9 Å². The van der Waals surface area contributed by atoms with Crippen molar-refractivity contribution in [1.82, 2.24) is 0 Å². The predicted octanol–water partition coefficient (Wildman–Crippen LogP) is 5.70. The van der Waals surface area contributed by atoms with Crippen LogP contribution in [-0.4, -0.2) is 0 Å². The van der Waals surface area contributed by atoms with Crippen LogP contribution in [0.1, 0.15) is 90.9 Å². The Bertz CT molecular complexity index is 79.3. The van der Waals surface area contributed by atoms with Crippen LogP contribution >= 0.6 is 0 Å². The van der Waals surface area contributed by atoms with Gasteiger partial charge in [-0.1, -0.05) is 90.9 Å². The van der Waals surface area contributed by atoms with Gasteiger partial charge in [0.25, 0.3) is 0 Å². The Labute approximate surface area is 108 Å². The van der Waals surface area contributed by atoms with E-state index < -0.39 is 0 Å². The summed E-state index contributed by atoms with van der Waals surface area (Å²) in [6.07, 6.45) is 17.4. The summed E-state index contributed by atoms with van der Waals surface area (Å²) in [5, 5.41) is 0. The molecule has 15 heavy (non-hydrogen) atoms. The first-order valence-corrected chi connectivity index (χ1v) is 6.91. The van der Waals surface area contributed by atoms with Gasteiger partial charge in [0.1, 0.15) is 0 Å². The van der Waals surface area contributed by atoms with Gasteiger partial charge in [-0.05, 0) is 0 Å². The molecule has 0 N–H and O–H groups in total. The van der Waals surface area contributed by atoms with Crippen LogP contribution in [-0.2, 0) is 17.1 Å². The first-order valence-electron chi connectivity index (χ1n) is 6.91. The molecule has 0 bridgehead atoms. The Kier molecular flexibility index (Phi) is 20.2. The van der Waals surface area contributed by atoms with Gasteiger partial charge in [0, 0.05) is 17.1 Å². The molecule has 0 nitrogen and oxygen atoms in total. The van der Waals surface area contributed by atoms with Gasteiger partial charge in [0.05, 0.1) is 0 Å². The van der Waals surface area contributed by atoms with E-state index in [9.17, 15) is 0 Å². The molecule has 0 aromatic heterocycles. The second kappa shape index (κ2) is 16.9. The third-order valence-corrected chi connectivity index (χ3v) is 2.96. The van der Waals surface area contributed by atoms with Gasteiger partial charge >= 0.3 is 0 Å². The van der Waals surface area contributed by atoms with E-state index in [0.29, 0.717) is 0 Å². The topological polar surface area (TPSA) is 0 Å². The van der Waals surface area contributed by atoms with Crippen molar-refractivity contribution in [1.29, 1.82) is 0 Å². The molecular weight excluding hydrogens is 223 g/mol. The van der Waals surface area contributed by atoms with Gasteiger partial charge in [0.2, 0.25) is 0 Å². The van der Waals surface area contributed by atoms with Crippen LogP contribution in [0.4, 0.5) is 0 Å². The summed E-state index contributed by atoms with van der Waals surface area (Å²) in [5.74, 6) is 0. The number of rotatable bonds is 11. The average molecular weight is 253 g/mol. The molecule has 0 unspecified atom stereocenters. The van der Waals surface area contributed by atoms with E-state index in [1.165, 1.54) is 77.0 Å². The van der Waals surface area contributed by atoms with E-state index >= 15 is 0 Å². The molecule has 0 amide bonds. The molecule has 93 valence electrons. The van der Waals surface area contributed by atoms with E-state index in [1.807, 2.05) is 0 Å². The van der Waals surface area contributed by atoms with E-state index in [4.69, 9.17) is 0 Å². The Morgan fingerprint density at radius 2 is 0.600 bits per heavy atom. The van der Waals surface area contributed by atoms with E-state index in [1.54, 1.807) is 0 Å². The summed E-state index contributed by atoms with van der Waals surface area (Å²) in [7, 11) is 0. The van der Waals surface area contributed by atoms with Crippen molar-refractivity contribution in [2.24, 2.45) is 0 Å². The summed E-state index contributed by atoms with van der Waals surface area (Å²) in [5.41, 5.74) is 0. The van der Waals surface area contributed by atoms with Gasteiger partial charge in [-0.15, -0.1) is 0 Å². The summed E-state index contributed by atoms with van der Waals surface area (Å²) in [4.78, 5) is 0. The molecule has 1 heteroatoms. The van der Waals surface area contributed by atoms with Crippen LogP contribution in [0.25, 0.3) is 0 Å². The Hall–Kier alpha value is 0.519. The molecule has 0 aromatic rings. The van der Waals surface area contributed by atoms with Crippen molar-refractivity contribution >= 4 is 0 Å². The number of hydrogen-bond donors (Lipinski definition) is 0. The monoisotopic (exact) mass is 253 g/mol. The SMILES string of the molecule is CCCCCCCCCCCCCC.[Mn]. The molecule has 0 rings (SSSR count). The van der Waals surface area contributed by atoms with Gasteiger partial charge < -0.3 is 0 Å². The predicted molar refractivity (Wildman–Crippen MR) is 66.8 cm³/mol. The summed E-state index contributed by atoms with van der Waals surface area (Å²) in [6.45, 7) is 4.57. The smallest absolute Gasteiger partial charge is 0 e. The van der Waals surface area contributed by atoms with E-state index in [-0.39, 0.29) is 17.1 Å². The minimum Gasteiger partial charge on any atom is -0.0654 e. The molecule has 1 radical (unpaired) electrons. The Balaban J connectivity index is 0. The van der Waals surface area contributed by atoms with Crippen molar-refractivity contribution < 1.29 is 17.1 Å². The second-order valence-corrected chi connectivity index (χ2v) is 4.54. The molecule has 0 aromatic carbocycles. The van der Waals surface area contributed by atoms with Crippen molar-refractivity contribution in [2.75, 3.05) is 0 Å². The zero-order chi connectivity index (χ0) is 10.5. The molecule has 0 saturated carbocycles. The van der Waals surface area contributed by atoms with Crippen LogP contribution in [0, 0.1) is 0 Å². The second-order valence-electron chi connectivity index (χ2n) is 4.54. The Morgan fingerprint density at radius 1 is 0.400 bits per heavy atom. The minimum atomic E-state index is 0. The van der Waals surface area contributed by atoms with Crippen molar-refractivity contribution in [3.63, 3.8) is 0 Å². The maximum absolute atomic E-state index is 2.29. The van der Waals surface area contributed by atoms with E-state index in [2.05, 4.69) is 13.8 Å². The summed E-state index contributed by atoms with van der Waals surface area (Å²) < 4.78 is 0. The van der Waals surface area contributed by atoms with Crippen LogP contribution in [0.5, 0.6) is 0 Å². The van der Waals surface area contributed by atoms with Crippen LogP contribution in [0.15, 0.2) is 0 Å². The van der Waals surface area contributed by atoms with Gasteiger partial charge in [-0.25, -0.2) is 0 Å². The molecule has 0 spiro atoms. The third-order valence-electron chi connectivity index (χ3n) is 2.96. The number of hydrogen-bond acceptors (Lipinski definition) is 0. The number of unbranched alkanes of at least 4 members (excludes halogenated alkanes) is 11. The standard InChI is InChI=1S/C14H30.Mn/c1-3-5-7-9-11-13-14-12-10-8-6-4-2;/h3-14H2,1-2H3;. The summed E-state index contributed by atoms with van der Waals surface area (Å²) in [6, 6.07) is 0. The minimum absolute atomic E-state index is 0. The van der Waals surface area contributed by atoms with E-state index in [0.717, 1.165) is 0 Å². The van der Waals surface area contributed by atoms with Gasteiger partial charge in [-0.2, -0.15) is 0 Å². The van der Waals surface area contributed by atoms with Gasteiger partial charge in [-0.3, -0.25) is 0 Å². The first-order chi connectivity index (χ1) is 6.91. The summed E-state index contributed by atoms with van der Waals surface area (Å²) >= 11 is 0. The maximum atomic E-state index is 2.29. The van der Waals surface area contributed by atoms with Crippen molar-refractivity contribution in [3.05, 3.63) is 0 Å². The molecule has 0 atom stereocenters. The average Bonchev–Trinajstić information content (AvgIpc) is 2.21. The third kappa shape index (κ3) is 17.1. The molecular formula is C14H30Mn. The van der Waals surface area contributed by atoms with Crippen LogP contribution in [0.3, 0.4) is 0 Å². The molecule has 0 heterocycles. The Morgan fingerprint density at radius 3 is 0.800 bits per heavy atom. The van der Waals surface area contributed by atoms with Gasteiger partial charge in [0.15, 0.2) is 0 Å². The molecule has 0 aliphatic heterocycles. The quantitative estimate of drug-likeness (QED) is 0.327. The molecule has 0 aliphatic rings. The van der Waals surface area contributed by atoms with Crippen LogP contribution < -0.4 is 0 Å². The largest absolute Gasteiger partial charge is 0.0654 e.